The highest BCUT2D eigenvalue weighted by molar-refractivity contribution is 6.02. The van der Waals surface area contributed by atoms with Crippen LogP contribution in [0.15, 0.2) is 53.7 Å². The number of hydrogen-bond donors (Lipinski definition) is 2. The first kappa shape index (κ1) is 22.1. The zero-order valence-corrected chi connectivity index (χ0v) is 20.1. The van der Waals surface area contributed by atoms with E-state index in [1.807, 2.05) is 42.5 Å². The molecule has 7 heteroatoms. The molecule has 176 valence electrons. The van der Waals surface area contributed by atoms with E-state index >= 15 is 0 Å². The van der Waals surface area contributed by atoms with Crippen molar-refractivity contribution in [3.05, 3.63) is 64.9 Å². The Morgan fingerprint density at radius 2 is 1.68 bits per heavy atom. The molecule has 2 aliphatic rings. The van der Waals surface area contributed by atoms with Crippen LogP contribution in [0.5, 0.6) is 17.2 Å². The maximum absolute atomic E-state index is 13.6. The first-order chi connectivity index (χ1) is 16.3. The lowest BCUT2D eigenvalue weighted by atomic mass is 9.69. The third kappa shape index (κ3) is 3.61. The molecule has 2 aromatic carbocycles. The monoisotopic (exact) mass is 459 g/mol. The third-order valence-corrected chi connectivity index (χ3v) is 6.69. The molecule has 0 radical (unpaired) electrons. The van der Waals surface area contributed by atoms with Gasteiger partial charge >= 0.3 is 0 Å². The van der Waals surface area contributed by atoms with Crippen LogP contribution in [0.2, 0.25) is 0 Å². The zero-order chi connectivity index (χ0) is 24.0. The van der Waals surface area contributed by atoms with E-state index in [-0.39, 0.29) is 17.1 Å². The van der Waals surface area contributed by atoms with E-state index in [2.05, 4.69) is 29.4 Å². The predicted molar refractivity (Wildman–Crippen MR) is 131 cm³/mol. The zero-order valence-electron chi connectivity index (χ0n) is 20.1. The highest BCUT2D eigenvalue weighted by Crippen LogP contribution is 2.51. The topological polar surface area (TPSA) is 85.5 Å². The first-order valence-corrected chi connectivity index (χ1v) is 11.3. The summed E-state index contributed by atoms with van der Waals surface area (Å²) < 4.78 is 16.4. The molecule has 0 saturated heterocycles. The Bertz CT molecular complexity index is 1290. The Hall–Kier alpha value is -3.74. The van der Waals surface area contributed by atoms with Gasteiger partial charge in [-0.05, 0) is 53.8 Å². The highest BCUT2D eigenvalue weighted by atomic mass is 16.5. The van der Waals surface area contributed by atoms with Crippen molar-refractivity contribution in [2.75, 3.05) is 26.6 Å². The second-order valence-electron chi connectivity index (χ2n) is 9.59. The van der Waals surface area contributed by atoms with Gasteiger partial charge in [-0.15, -0.1) is 0 Å². The van der Waals surface area contributed by atoms with Crippen LogP contribution < -0.4 is 19.5 Å². The lowest BCUT2D eigenvalue weighted by Gasteiger charge is -2.38. The van der Waals surface area contributed by atoms with E-state index in [0.29, 0.717) is 17.9 Å². The van der Waals surface area contributed by atoms with Crippen LogP contribution in [0, 0.1) is 5.41 Å². The summed E-state index contributed by atoms with van der Waals surface area (Å²) in [5, 5.41) is 11.3. The molecule has 2 heterocycles. The van der Waals surface area contributed by atoms with Crippen molar-refractivity contribution in [2.24, 2.45) is 5.41 Å². The largest absolute Gasteiger partial charge is 0.497 e. The first-order valence-electron chi connectivity index (χ1n) is 11.3. The van der Waals surface area contributed by atoms with Crippen LogP contribution >= 0.6 is 0 Å². The molecule has 1 atom stereocenters. The summed E-state index contributed by atoms with van der Waals surface area (Å²) in [5.74, 6) is 2.67. The number of rotatable bonds is 5. The molecule has 0 amide bonds. The maximum atomic E-state index is 13.6. The minimum atomic E-state index is -0.287. The lowest BCUT2D eigenvalue weighted by molar-refractivity contribution is -0.118. The molecule has 1 aromatic heterocycles. The van der Waals surface area contributed by atoms with Gasteiger partial charge in [0.1, 0.15) is 5.75 Å². The number of H-pyrrole nitrogens is 1. The quantitative estimate of drug-likeness (QED) is 0.538. The average molecular weight is 460 g/mol. The Labute approximate surface area is 199 Å². The summed E-state index contributed by atoms with van der Waals surface area (Å²) in [6.07, 6.45) is 1.28. The molecular weight excluding hydrogens is 430 g/mol. The van der Waals surface area contributed by atoms with Crippen molar-refractivity contribution < 1.29 is 19.0 Å². The van der Waals surface area contributed by atoms with Crippen molar-refractivity contribution in [2.45, 2.75) is 32.6 Å². The van der Waals surface area contributed by atoms with Crippen LogP contribution in [0.25, 0.3) is 11.3 Å². The van der Waals surface area contributed by atoms with Gasteiger partial charge in [0.2, 0.25) is 0 Å². The molecule has 0 unspecified atom stereocenters. The smallest absolute Gasteiger partial charge is 0.162 e. The number of aromatic nitrogens is 2. The molecule has 34 heavy (non-hydrogen) atoms. The lowest BCUT2D eigenvalue weighted by Crippen LogP contribution is -2.33. The molecule has 0 saturated carbocycles. The van der Waals surface area contributed by atoms with Gasteiger partial charge in [0.25, 0.3) is 0 Å². The Kier molecular flexibility index (Phi) is 5.35. The van der Waals surface area contributed by atoms with Gasteiger partial charge in [-0.3, -0.25) is 9.89 Å². The fourth-order valence-electron chi connectivity index (χ4n) is 5.14. The number of anilines is 1. The maximum Gasteiger partial charge on any atom is 0.162 e. The van der Waals surface area contributed by atoms with Gasteiger partial charge in [0, 0.05) is 34.7 Å². The number of nitrogens with zero attached hydrogens (tertiary/aromatic N) is 1. The van der Waals surface area contributed by atoms with Gasteiger partial charge in [0.05, 0.1) is 27.0 Å². The molecule has 2 N–H and O–H groups in total. The summed E-state index contributed by atoms with van der Waals surface area (Å²) in [4.78, 5) is 13.6. The van der Waals surface area contributed by atoms with Crippen LogP contribution in [0.3, 0.4) is 0 Å². The van der Waals surface area contributed by atoms with E-state index in [9.17, 15) is 4.79 Å². The summed E-state index contributed by atoms with van der Waals surface area (Å²) in [7, 11) is 4.88. The molecule has 7 nitrogen and oxygen atoms in total. The second kappa shape index (κ2) is 8.24. The number of carbonyl (C=O) groups is 1. The number of ketones is 1. The number of fused-ring (bicyclic) bond motifs is 1. The highest BCUT2D eigenvalue weighted by Gasteiger charge is 2.43. The van der Waals surface area contributed by atoms with Gasteiger partial charge in [0.15, 0.2) is 23.1 Å². The minimum absolute atomic E-state index is 0.113. The number of benzene rings is 2. The fraction of sp³-hybridized carbons (Fsp3) is 0.333. The summed E-state index contributed by atoms with van der Waals surface area (Å²) in [6, 6.07) is 13.7. The average Bonchev–Trinajstić information content (AvgIpc) is 3.25. The Balaban J connectivity index is 1.72. The Morgan fingerprint density at radius 1 is 0.941 bits per heavy atom. The van der Waals surface area contributed by atoms with Crippen molar-refractivity contribution in [3.63, 3.8) is 0 Å². The van der Waals surface area contributed by atoms with Crippen molar-refractivity contribution in [1.82, 2.24) is 10.2 Å². The molecule has 5 rings (SSSR count). The normalized spacial score (nSPS) is 18.6. The number of hydrogen-bond acceptors (Lipinski definition) is 6. The Morgan fingerprint density at radius 3 is 2.35 bits per heavy atom. The van der Waals surface area contributed by atoms with Crippen LogP contribution in [0.4, 0.5) is 5.82 Å². The van der Waals surface area contributed by atoms with E-state index in [1.54, 1.807) is 21.3 Å². The second-order valence-corrected chi connectivity index (χ2v) is 9.59. The van der Waals surface area contributed by atoms with E-state index < -0.39 is 0 Å². The predicted octanol–water partition coefficient (Wildman–Crippen LogP) is 5.30. The number of aromatic amines is 1. The molecule has 1 aliphatic heterocycles. The van der Waals surface area contributed by atoms with Crippen molar-refractivity contribution in [1.29, 1.82) is 0 Å². The summed E-state index contributed by atoms with van der Waals surface area (Å²) in [6.45, 7) is 4.26. The summed E-state index contributed by atoms with van der Waals surface area (Å²) in [5.41, 5.74) is 5.37. The number of allylic oxidation sites excluding steroid dienone is 2. The van der Waals surface area contributed by atoms with Crippen molar-refractivity contribution in [3.8, 4) is 28.5 Å². The van der Waals surface area contributed by atoms with Gasteiger partial charge in [-0.1, -0.05) is 19.9 Å². The molecule has 3 aromatic rings. The molecule has 0 spiro atoms. The van der Waals surface area contributed by atoms with E-state index in [0.717, 1.165) is 51.6 Å². The molecule has 0 bridgehead atoms. The summed E-state index contributed by atoms with van der Waals surface area (Å²) >= 11 is 0. The van der Waals surface area contributed by atoms with Crippen LogP contribution in [-0.4, -0.2) is 37.3 Å². The standard InChI is InChI=1S/C27H29N3O4/c1-27(2)13-18-23(19(31)14-27)22(16-8-11-20(33-4)21(12-16)34-5)24-25(29-30-26(24)28-18)15-6-9-17(32-3)10-7-15/h6-12,22H,13-14H2,1-5H3,(H2,28,29,30)/t22-/m1/s1. The van der Waals surface area contributed by atoms with Crippen molar-refractivity contribution >= 4 is 11.6 Å². The van der Waals surface area contributed by atoms with E-state index in [1.165, 1.54) is 0 Å². The van der Waals surface area contributed by atoms with Crippen LogP contribution in [0.1, 0.15) is 43.7 Å². The van der Waals surface area contributed by atoms with Crippen LogP contribution in [-0.2, 0) is 4.79 Å². The molecule has 0 fully saturated rings. The molecule has 1 aliphatic carbocycles. The molecular formula is C27H29N3O4. The fourth-order valence-corrected chi connectivity index (χ4v) is 5.14. The number of Topliss-reactive ketones (excluding diaryl/α,β-unsaturated/α-hetero) is 1. The number of carbonyl (C=O) groups excluding carboxylic acids is 1. The van der Waals surface area contributed by atoms with Gasteiger partial charge in [-0.25, -0.2) is 0 Å². The van der Waals surface area contributed by atoms with E-state index in [4.69, 9.17) is 14.2 Å². The minimum Gasteiger partial charge on any atom is -0.497 e. The number of nitrogens with one attached hydrogen (secondary N) is 2. The third-order valence-electron chi connectivity index (χ3n) is 6.69. The number of ether oxygens (including phenoxy) is 3. The van der Waals surface area contributed by atoms with Gasteiger partial charge < -0.3 is 19.5 Å². The SMILES string of the molecule is COc1ccc(-c2[nH]nc3c2[C@H](c2ccc(OC)c(OC)c2)C2=C(CC(C)(C)CC2=O)N3)cc1. The van der Waals surface area contributed by atoms with Gasteiger partial charge in [-0.2, -0.15) is 5.10 Å². The number of methoxy groups -OCH3 is 3.